The number of nitrogens with one attached hydrogen (secondary N) is 1. The molecule has 2 aliphatic heterocycles. The highest BCUT2D eigenvalue weighted by Crippen LogP contribution is 2.37. The smallest absolute Gasteiger partial charge is 0.387 e. The number of rotatable bonds is 7. The fraction of sp³-hybridized carbons (Fsp3) is 0.615. The minimum absolute atomic E-state index is 0.0654. The van der Waals surface area contributed by atoms with Gasteiger partial charge in [-0.05, 0) is 52.5 Å². The van der Waals surface area contributed by atoms with E-state index in [-0.39, 0.29) is 41.6 Å². The fourth-order valence-corrected chi connectivity index (χ4v) is 4.92. The van der Waals surface area contributed by atoms with Gasteiger partial charge in [-0.15, -0.1) is 0 Å². The molecule has 0 aliphatic carbocycles. The lowest BCUT2D eigenvalue weighted by atomic mass is 9.92. The zero-order chi connectivity index (χ0) is 28.7. The molecule has 0 bridgehead atoms. The van der Waals surface area contributed by atoms with E-state index in [1.807, 2.05) is 0 Å². The van der Waals surface area contributed by atoms with Crippen LogP contribution in [0.3, 0.4) is 0 Å². The molecule has 5 atom stereocenters. The molecule has 0 saturated carbocycles. The molecule has 3 aromatic heterocycles. The third kappa shape index (κ3) is 5.98. The Balaban J connectivity index is 1.42. The van der Waals surface area contributed by atoms with Crippen LogP contribution >= 0.6 is 0 Å². The van der Waals surface area contributed by atoms with Crippen LogP contribution in [0, 0.1) is 0 Å². The molecule has 3 aromatic rings. The molecule has 10 nitrogen and oxygen atoms in total. The van der Waals surface area contributed by atoms with Crippen LogP contribution < -0.4 is 10.2 Å². The van der Waals surface area contributed by atoms with Crippen molar-refractivity contribution < 1.29 is 32.1 Å². The first-order valence-electron chi connectivity index (χ1n) is 13.4. The normalized spacial score (nSPS) is 25.6. The molecule has 40 heavy (non-hydrogen) atoms. The fourth-order valence-electron chi connectivity index (χ4n) is 4.92. The van der Waals surface area contributed by atoms with Gasteiger partial charge >= 0.3 is 6.18 Å². The van der Waals surface area contributed by atoms with Gasteiger partial charge in [0.2, 0.25) is 5.95 Å². The largest absolute Gasteiger partial charge is 0.408 e. The van der Waals surface area contributed by atoms with E-state index in [1.165, 1.54) is 25.4 Å². The summed E-state index contributed by atoms with van der Waals surface area (Å²) in [6.07, 6.45) is -1.65. The molecule has 0 aromatic carbocycles. The lowest BCUT2D eigenvalue weighted by molar-refractivity contribution is -0.190. The molecule has 1 unspecified atom stereocenters. The van der Waals surface area contributed by atoms with Gasteiger partial charge in [0.15, 0.2) is 6.29 Å². The Morgan fingerprint density at radius 2 is 2.00 bits per heavy atom. The predicted molar refractivity (Wildman–Crippen MR) is 139 cm³/mol. The third-order valence-corrected chi connectivity index (χ3v) is 7.45. The molecule has 2 N–H and O–H groups in total. The van der Waals surface area contributed by atoms with E-state index in [9.17, 15) is 22.7 Å². The average Bonchev–Trinajstić information content (AvgIpc) is 3.29. The number of aromatic nitrogens is 5. The second-order valence-electron chi connectivity index (χ2n) is 10.6. The molecule has 5 rings (SSSR count). The summed E-state index contributed by atoms with van der Waals surface area (Å²) in [6, 6.07) is 1.18. The molecular formula is C26H33F4N7O3. The third-order valence-electron chi connectivity index (χ3n) is 7.45. The molecule has 14 heteroatoms. The number of fused-ring (bicyclic) bond motifs is 1. The maximum Gasteiger partial charge on any atom is 0.408 e. The second-order valence-corrected chi connectivity index (χ2v) is 10.6. The Bertz CT molecular complexity index is 1330. The van der Waals surface area contributed by atoms with Crippen molar-refractivity contribution >= 4 is 28.6 Å². The Morgan fingerprint density at radius 1 is 1.20 bits per heavy atom. The summed E-state index contributed by atoms with van der Waals surface area (Å²) in [5, 5.41) is 13.1. The molecule has 2 aliphatic rings. The minimum Gasteiger partial charge on any atom is -0.387 e. The maximum absolute atomic E-state index is 14.4. The lowest BCUT2D eigenvalue weighted by Gasteiger charge is -2.38. The van der Waals surface area contributed by atoms with E-state index >= 15 is 0 Å². The number of ether oxygens (including phenoxy) is 2. The van der Waals surface area contributed by atoms with Crippen molar-refractivity contribution in [1.29, 1.82) is 0 Å². The van der Waals surface area contributed by atoms with Crippen LogP contribution in [0.15, 0.2) is 24.5 Å². The number of piperidine rings is 1. The van der Waals surface area contributed by atoms with Gasteiger partial charge in [-0.2, -0.15) is 18.2 Å². The summed E-state index contributed by atoms with van der Waals surface area (Å²) < 4.78 is 69.0. The van der Waals surface area contributed by atoms with Gasteiger partial charge < -0.3 is 29.4 Å². The van der Waals surface area contributed by atoms with Crippen molar-refractivity contribution in [2.24, 2.45) is 0 Å². The number of aliphatic hydroxyl groups is 1. The Morgan fingerprint density at radius 3 is 2.70 bits per heavy atom. The van der Waals surface area contributed by atoms with Crippen LogP contribution in [-0.2, 0) is 9.47 Å². The molecule has 2 saturated heterocycles. The van der Waals surface area contributed by atoms with E-state index < -0.39 is 36.4 Å². The topological polar surface area (TPSA) is 110 Å². The van der Waals surface area contributed by atoms with E-state index in [4.69, 9.17) is 9.47 Å². The molecule has 0 radical (unpaired) electrons. The van der Waals surface area contributed by atoms with Gasteiger partial charge in [-0.1, -0.05) is 0 Å². The first-order chi connectivity index (χ1) is 18.9. The highest BCUT2D eigenvalue weighted by Gasteiger charge is 2.41. The molecular weight excluding hydrogens is 534 g/mol. The summed E-state index contributed by atoms with van der Waals surface area (Å²) in [4.78, 5) is 19.1. The summed E-state index contributed by atoms with van der Waals surface area (Å²) >= 11 is 0. The average molecular weight is 568 g/mol. The summed E-state index contributed by atoms with van der Waals surface area (Å²) in [6.45, 7) is 5.04. The summed E-state index contributed by atoms with van der Waals surface area (Å²) in [7, 11) is 0. The highest BCUT2D eigenvalue weighted by molar-refractivity contribution is 5.79. The van der Waals surface area contributed by atoms with E-state index in [0.29, 0.717) is 25.4 Å². The molecule has 0 amide bonds. The van der Waals surface area contributed by atoms with Crippen molar-refractivity contribution in [3.63, 3.8) is 0 Å². The first kappa shape index (κ1) is 28.4. The predicted octanol–water partition coefficient (Wildman–Crippen LogP) is 4.99. The number of anilines is 3. The standard InChI is InChI=1S/C26H33F4N7O3/c1-15(40-22-6-4-5-11-39-22)23-33-17-13-32-21(12-18(17)37(23)16(2)26(28,29)30)34-20-7-9-31-24(35-20)36-10-8-25(3,38)19(27)14-36/h7,9,12-13,15-16,19,22,38H,4-6,8,10-11,14H2,1-3H3,(H,31,32,34,35)/t15-,16+,19-,22?,25+/m1/s1. The van der Waals surface area contributed by atoms with Gasteiger partial charge in [-0.3, -0.25) is 0 Å². The number of hydrogen-bond donors (Lipinski definition) is 2. The zero-order valence-corrected chi connectivity index (χ0v) is 22.5. The number of hydrogen-bond acceptors (Lipinski definition) is 9. The van der Waals surface area contributed by atoms with Gasteiger partial charge in [0.05, 0.1) is 23.9 Å². The molecule has 218 valence electrons. The first-order valence-corrected chi connectivity index (χ1v) is 13.4. The van der Waals surface area contributed by atoms with Crippen LogP contribution in [0.25, 0.3) is 11.0 Å². The van der Waals surface area contributed by atoms with Crippen molar-refractivity contribution in [1.82, 2.24) is 24.5 Å². The van der Waals surface area contributed by atoms with Crippen LogP contribution in [0.1, 0.15) is 64.4 Å². The summed E-state index contributed by atoms with van der Waals surface area (Å²) in [5.74, 6) is 0.955. The van der Waals surface area contributed by atoms with Gasteiger partial charge in [0.1, 0.15) is 41.3 Å². The van der Waals surface area contributed by atoms with Crippen LogP contribution in [0.5, 0.6) is 0 Å². The molecule has 0 spiro atoms. The van der Waals surface area contributed by atoms with Gasteiger partial charge in [-0.25, -0.2) is 19.3 Å². The maximum atomic E-state index is 14.4. The lowest BCUT2D eigenvalue weighted by Crippen LogP contribution is -2.52. The number of halogens is 4. The number of alkyl halides is 4. The number of nitrogens with zero attached hydrogens (tertiary/aromatic N) is 6. The Kier molecular flexibility index (Phi) is 7.86. The monoisotopic (exact) mass is 567 g/mol. The van der Waals surface area contributed by atoms with Crippen LogP contribution in [0.4, 0.5) is 35.1 Å². The van der Waals surface area contributed by atoms with Crippen molar-refractivity contribution in [2.45, 2.75) is 82.8 Å². The second kappa shape index (κ2) is 11.1. The van der Waals surface area contributed by atoms with Gasteiger partial charge in [0, 0.05) is 25.4 Å². The highest BCUT2D eigenvalue weighted by atomic mass is 19.4. The zero-order valence-electron chi connectivity index (χ0n) is 22.5. The van der Waals surface area contributed by atoms with Crippen LogP contribution in [-0.4, -0.2) is 73.5 Å². The number of pyridine rings is 1. The van der Waals surface area contributed by atoms with Crippen LogP contribution in [0.2, 0.25) is 0 Å². The molecule has 2 fully saturated rings. The minimum atomic E-state index is -4.53. The SMILES string of the molecule is C[C@H](n1c([C@@H](C)OC2CCCCO2)nc2cnc(Nc3ccnc(N4CC[C@](C)(O)[C@H](F)C4)n3)cc21)C(F)(F)F. The van der Waals surface area contributed by atoms with Crippen molar-refractivity contribution in [2.75, 3.05) is 29.9 Å². The number of imidazole rings is 1. The van der Waals surface area contributed by atoms with E-state index in [2.05, 4.69) is 25.3 Å². The van der Waals surface area contributed by atoms with E-state index in [1.54, 1.807) is 17.9 Å². The molecule has 5 heterocycles. The Labute approximate surface area is 228 Å². The Hall–Kier alpha value is -3.10. The quantitative estimate of drug-likeness (QED) is 0.382. The van der Waals surface area contributed by atoms with Crippen molar-refractivity contribution in [3.05, 3.63) is 30.4 Å². The van der Waals surface area contributed by atoms with Gasteiger partial charge in [0.25, 0.3) is 0 Å². The summed E-state index contributed by atoms with van der Waals surface area (Å²) in [5.41, 5.74) is -0.896. The van der Waals surface area contributed by atoms with E-state index in [0.717, 1.165) is 24.3 Å². The van der Waals surface area contributed by atoms with Crippen molar-refractivity contribution in [3.8, 4) is 0 Å².